The quantitative estimate of drug-likeness (QED) is 0.189. The zero-order valence-electron chi connectivity index (χ0n) is 23.7. The second-order valence-corrected chi connectivity index (χ2v) is 10.8. The number of anilines is 2. The van der Waals surface area contributed by atoms with E-state index in [0.717, 1.165) is 16.9 Å². The second kappa shape index (κ2) is 13.2. The molecule has 2 aliphatic heterocycles. The molecule has 1 fully saturated rings. The lowest BCUT2D eigenvalue weighted by molar-refractivity contribution is -0.142. The second-order valence-electron chi connectivity index (χ2n) is 10.8. The molecule has 10 heteroatoms. The third-order valence-corrected chi connectivity index (χ3v) is 7.68. The molecule has 2 heterocycles. The van der Waals surface area contributed by atoms with Crippen molar-refractivity contribution < 1.29 is 33.3 Å². The molecule has 0 unspecified atom stereocenters. The zero-order valence-corrected chi connectivity index (χ0v) is 23.7. The Kier molecular flexibility index (Phi) is 8.71. The van der Waals surface area contributed by atoms with Crippen LogP contribution in [0.3, 0.4) is 0 Å². The van der Waals surface area contributed by atoms with Gasteiger partial charge in [0.15, 0.2) is 0 Å². The Morgan fingerprint density at radius 2 is 1.66 bits per heavy atom. The van der Waals surface area contributed by atoms with Gasteiger partial charge in [-0.05, 0) is 66.6 Å². The highest BCUT2D eigenvalue weighted by molar-refractivity contribution is 6.00. The van der Waals surface area contributed by atoms with Gasteiger partial charge in [-0.2, -0.15) is 0 Å². The SMILES string of the molecule is O=C(C[C@H]1C[C@H]2c3cc(NC(=O)Nc4ccccc4F)ccc3O[C@H]2[C@@H](CO)O1)NCc1ccc(Oc2ccccc2)cc1. The van der Waals surface area contributed by atoms with E-state index in [4.69, 9.17) is 14.2 Å². The number of fused-ring (bicyclic) bond motifs is 3. The van der Waals surface area contributed by atoms with E-state index >= 15 is 0 Å². The fraction of sp³-hybridized carbons (Fsp3) is 0.235. The number of carbonyl (C=O) groups excluding carboxylic acids is 2. The Labute approximate surface area is 254 Å². The molecule has 2 aliphatic rings. The molecule has 226 valence electrons. The Morgan fingerprint density at radius 1 is 0.909 bits per heavy atom. The number of halogens is 1. The van der Waals surface area contributed by atoms with Crippen LogP contribution >= 0.6 is 0 Å². The van der Waals surface area contributed by atoms with E-state index < -0.39 is 30.2 Å². The molecule has 3 amide bonds. The number of para-hydroxylation sites is 2. The lowest BCUT2D eigenvalue weighted by Crippen LogP contribution is -2.47. The standard InChI is InChI=1S/C34H32FN3O6/c35-28-8-4-5-9-29(28)38-34(41)37-22-12-15-30-26(16-22)27-17-25(43-31(20-39)33(27)44-30)18-32(40)36-19-21-10-13-24(14-11-21)42-23-6-2-1-3-7-23/h1-16,25,27,31,33,39H,17-20H2,(H,36,40)(H2,37,38,41)/t25-,27+,31-,33-/m1/s1. The lowest BCUT2D eigenvalue weighted by atomic mass is 9.84. The average Bonchev–Trinajstić information content (AvgIpc) is 3.40. The predicted octanol–water partition coefficient (Wildman–Crippen LogP) is 5.96. The van der Waals surface area contributed by atoms with Crippen LogP contribution in [0.15, 0.2) is 97.1 Å². The molecule has 0 aromatic heterocycles. The number of aliphatic hydroxyl groups is 1. The van der Waals surface area contributed by atoms with Crippen LogP contribution in [0.1, 0.15) is 29.9 Å². The Bertz CT molecular complexity index is 1620. The van der Waals surface area contributed by atoms with Gasteiger partial charge >= 0.3 is 6.03 Å². The number of amides is 3. The maximum absolute atomic E-state index is 13.9. The number of hydrogen-bond acceptors (Lipinski definition) is 6. The van der Waals surface area contributed by atoms with Gasteiger partial charge in [0, 0.05) is 23.7 Å². The van der Waals surface area contributed by atoms with E-state index in [9.17, 15) is 19.1 Å². The Hall–Kier alpha value is -4.93. The molecule has 4 atom stereocenters. The minimum absolute atomic E-state index is 0.0694. The van der Waals surface area contributed by atoms with Crippen LogP contribution in [-0.2, 0) is 16.1 Å². The van der Waals surface area contributed by atoms with Crippen LogP contribution in [0.25, 0.3) is 0 Å². The van der Waals surface area contributed by atoms with Crippen LogP contribution in [0.5, 0.6) is 17.2 Å². The fourth-order valence-corrected chi connectivity index (χ4v) is 5.59. The van der Waals surface area contributed by atoms with Crippen molar-refractivity contribution in [3.8, 4) is 17.2 Å². The van der Waals surface area contributed by atoms with Crippen LogP contribution < -0.4 is 25.4 Å². The van der Waals surface area contributed by atoms with Gasteiger partial charge in [0.05, 0.1) is 24.8 Å². The molecule has 9 nitrogen and oxygen atoms in total. The van der Waals surface area contributed by atoms with Crippen molar-refractivity contribution in [2.45, 2.75) is 43.6 Å². The summed E-state index contributed by atoms with van der Waals surface area (Å²) >= 11 is 0. The minimum Gasteiger partial charge on any atom is -0.487 e. The van der Waals surface area contributed by atoms with E-state index in [0.29, 0.717) is 30.2 Å². The first-order valence-electron chi connectivity index (χ1n) is 14.4. The molecule has 0 saturated carbocycles. The number of rotatable bonds is 9. The van der Waals surface area contributed by atoms with Crippen molar-refractivity contribution >= 4 is 23.3 Å². The first-order chi connectivity index (χ1) is 21.4. The van der Waals surface area contributed by atoms with Gasteiger partial charge in [0.2, 0.25) is 5.91 Å². The van der Waals surface area contributed by atoms with Crippen LogP contribution in [0.2, 0.25) is 0 Å². The van der Waals surface area contributed by atoms with Gasteiger partial charge in [-0.25, -0.2) is 9.18 Å². The van der Waals surface area contributed by atoms with Crippen molar-refractivity contribution in [1.29, 1.82) is 0 Å². The summed E-state index contributed by atoms with van der Waals surface area (Å²) in [4.78, 5) is 25.4. The molecule has 4 aromatic rings. The Morgan fingerprint density at radius 3 is 2.43 bits per heavy atom. The smallest absolute Gasteiger partial charge is 0.323 e. The monoisotopic (exact) mass is 597 g/mol. The molecule has 4 aromatic carbocycles. The van der Waals surface area contributed by atoms with Crippen LogP contribution in [0, 0.1) is 5.82 Å². The number of ether oxygens (including phenoxy) is 3. The number of hydrogen-bond donors (Lipinski definition) is 4. The van der Waals surface area contributed by atoms with Gasteiger partial charge in [-0.1, -0.05) is 42.5 Å². The molecule has 0 spiro atoms. The summed E-state index contributed by atoms with van der Waals surface area (Å²) in [5, 5.41) is 18.2. The third-order valence-electron chi connectivity index (χ3n) is 7.68. The minimum atomic E-state index is -0.614. The maximum Gasteiger partial charge on any atom is 0.323 e. The number of urea groups is 1. The first kappa shape index (κ1) is 29.2. The number of benzene rings is 4. The predicted molar refractivity (Wildman–Crippen MR) is 162 cm³/mol. The third kappa shape index (κ3) is 6.82. The summed E-state index contributed by atoms with van der Waals surface area (Å²) in [6.07, 6.45) is -0.860. The summed E-state index contributed by atoms with van der Waals surface area (Å²) in [5.74, 6) is 1.22. The van der Waals surface area contributed by atoms with Crippen molar-refractivity contribution in [3.63, 3.8) is 0 Å². The zero-order chi connectivity index (χ0) is 30.5. The highest BCUT2D eigenvalue weighted by Gasteiger charge is 2.46. The summed E-state index contributed by atoms with van der Waals surface area (Å²) in [7, 11) is 0. The summed E-state index contributed by atoms with van der Waals surface area (Å²) in [6, 6.07) is 27.6. The molecule has 0 radical (unpaired) electrons. The van der Waals surface area contributed by atoms with Gasteiger partial charge in [0.1, 0.15) is 35.3 Å². The number of aliphatic hydroxyl groups excluding tert-OH is 1. The van der Waals surface area contributed by atoms with Crippen molar-refractivity contribution in [3.05, 3.63) is 114 Å². The fourth-order valence-electron chi connectivity index (χ4n) is 5.59. The normalized spacial score (nSPS) is 20.0. The lowest BCUT2D eigenvalue weighted by Gasteiger charge is -2.37. The van der Waals surface area contributed by atoms with E-state index in [-0.39, 0.29) is 30.5 Å². The summed E-state index contributed by atoms with van der Waals surface area (Å²) in [5.41, 5.74) is 2.35. The molecule has 0 bridgehead atoms. The van der Waals surface area contributed by atoms with E-state index in [2.05, 4.69) is 16.0 Å². The topological polar surface area (TPSA) is 118 Å². The first-order valence-corrected chi connectivity index (χ1v) is 14.4. The number of carbonyl (C=O) groups is 2. The van der Waals surface area contributed by atoms with Crippen molar-refractivity contribution in [2.75, 3.05) is 17.2 Å². The van der Waals surface area contributed by atoms with Crippen LogP contribution in [0.4, 0.5) is 20.6 Å². The highest BCUT2D eigenvalue weighted by Crippen LogP contribution is 2.47. The van der Waals surface area contributed by atoms with E-state index in [1.807, 2.05) is 60.7 Å². The highest BCUT2D eigenvalue weighted by atomic mass is 19.1. The van der Waals surface area contributed by atoms with Crippen molar-refractivity contribution in [2.24, 2.45) is 0 Å². The van der Waals surface area contributed by atoms with Crippen LogP contribution in [-0.4, -0.2) is 42.0 Å². The van der Waals surface area contributed by atoms with E-state index in [1.54, 1.807) is 24.3 Å². The molecular weight excluding hydrogens is 565 g/mol. The van der Waals surface area contributed by atoms with E-state index in [1.165, 1.54) is 12.1 Å². The maximum atomic E-state index is 13.9. The molecule has 44 heavy (non-hydrogen) atoms. The van der Waals surface area contributed by atoms with Gasteiger partial charge in [0.25, 0.3) is 0 Å². The number of nitrogens with one attached hydrogen (secondary N) is 3. The average molecular weight is 598 g/mol. The molecule has 6 rings (SSSR count). The summed E-state index contributed by atoms with van der Waals surface area (Å²) < 4.78 is 32.0. The van der Waals surface area contributed by atoms with Gasteiger partial charge in [-0.3, -0.25) is 4.79 Å². The van der Waals surface area contributed by atoms with Gasteiger partial charge in [-0.15, -0.1) is 0 Å². The molecule has 0 aliphatic carbocycles. The molecule has 1 saturated heterocycles. The Balaban J connectivity index is 1.05. The molecular formula is C34H32FN3O6. The van der Waals surface area contributed by atoms with Crippen molar-refractivity contribution in [1.82, 2.24) is 5.32 Å². The largest absolute Gasteiger partial charge is 0.487 e. The van der Waals surface area contributed by atoms with Gasteiger partial charge < -0.3 is 35.3 Å². The summed E-state index contributed by atoms with van der Waals surface area (Å²) in [6.45, 7) is 0.0867. The molecule has 4 N–H and O–H groups in total.